The molecule has 0 amide bonds. The summed E-state index contributed by atoms with van der Waals surface area (Å²) >= 11 is 0. The van der Waals surface area contributed by atoms with Crippen LogP contribution in [0.2, 0.25) is 0 Å². The molecule has 74 valence electrons. The van der Waals surface area contributed by atoms with Gasteiger partial charge in [-0.1, -0.05) is 23.2 Å². The van der Waals surface area contributed by atoms with E-state index in [1.54, 1.807) is 0 Å². The smallest absolute Gasteiger partial charge is 0.0228 e. The SMILES string of the molecule is CC.C[C@@H]1CN(C)CCCN1P. The molecule has 0 aromatic rings. The highest BCUT2D eigenvalue weighted by molar-refractivity contribution is 7.13. The second-order valence-electron chi connectivity index (χ2n) is 3.20. The van der Waals surface area contributed by atoms with Crippen LogP contribution in [-0.4, -0.2) is 42.3 Å². The topological polar surface area (TPSA) is 6.48 Å². The summed E-state index contributed by atoms with van der Waals surface area (Å²) in [6, 6.07) is 0.692. The summed E-state index contributed by atoms with van der Waals surface area (Å²) in [5.41, 5.74) is 0. The van der Waals surface area contributed by atoms with Gasteiger partial charge in [0.1, 0.15) is 0 Å². The zero-order valence-corrected chi connectivity index (χ0v) is 10.0. The molecule has 0 N–H and O–H groups in total. The maximum absolute atomic E-state index is 2.80. The molecule has 1 heterocycles. The average molecular weight is 190 g/mol. The van der Waals surface area contributed by atoms with Crippen LogP contribution in [0.4, 0.5) is 0 Å². The van der Waals surface area contributed by atoms with E-state index in [2.05, 4.69) is 32.9 Å². The van der Waals surface area contributed by atoms with Crippen molar-refractivity contribution < 1.29 is 0 Å². The number of nitrogens with zero attached hydrogens (tertiary/aromatic N) is 2. The summed E-state index contributed by atoms with van der Waals surface area (Å²) in [6.45, 7) is 9.93. The molecule has 2 atom stereocenters. The third kappa shape index (κ3) is 4.39. The molecule has 3 heteroatoms. The fraction of sp³-hybridized carbons (Fsp3) is 1.00. The van der Waals surface area contributed by atoms with Gasteiger partial charge in [0.25, 0.3) is 0 Å². The summed E-state index contributed by atoms with van der Waals surface area (Å²) in [5, 5.41) is 0. The molecule has 0 aliphatic carbocycles. The van der Waals surface area contributed by atoms with Crippen molar-refractivity contribution in [2.75, 3.05) is 26.7 Å². The van der Waals surface area contributed by atoms with E-state index >= 15 is 0 Å². The largest absolute Gasteiger partial charge is 0.305 e. The van der Waals surface area contributed by atoms with Crippen molar-refractivity contribution in [3.63, 3.8) is 0 Å². The number of likely N-dealkylation sites (N-methyl/N-ethyl adjacent to an activating group) is 1. The molecule has 1 saturated heterocycles. The molecule has 0 saturated carbocycles. The lowest BCUT2D eigenvalue weighted by Gasteiger charge is -2.22. The van der Waals surface area contributed by atoms with Crippen LogP contribution in [0.25, 0.3) is 0 Å². The standard InChI is InChI=1S/C7H17N2P.C2H6/c1-7-6-8(2)4-3-5-9(7)10;1-2/h7H,3-6,10H2,1-2H3;1-2H3/t7-;/m1./s1. The van der Waals surface area contributed by atoms with Gasteiger partial charge in [-0.15, -0.1) is 0 Å². The van der Waals surface area contributed by atoms with E-state index < -0.39 is 0 Å². The van der Waals surface area contributed by atoms with Gasteiger partial charge < -0.3 is 4.90 Å². The first-order valence-corrected chi connectivity index (χ1v) is 5.41. The minimum Gasteiger partial charge on any atom is -0.305 e. The minimum atomic E-state index is 0.692. The predicted molar refractivity (Wildman–Crippen MR) is 59.3 cm³/mol. The van der Waals surface area contributed by atoms with Gasteiger partial charge in [0.2, 0.25) is 0 Å². The van der Waals surface area contributed by atoms with E-state index in [9.17, 15) is 0 Å². The Labute approximate surface area is 79.6 Å². The Morgan fingerprint density at radius 1 is 1.25 bits per heavy atom. The molecule has 1 fully saturated rings. The average Bonchev–Trinajstić information content (AvgIpc) is 2.19. The Balaban J connectivity index is 0.000000561. The summed E-state index contributed by atoms with van der Waals surface area (Å²) in [6.07, 6.45) is 1.30. The van der Waals surface area contributed by atoms with Crippen molar-refractivity contribution in [2.45, 2.75) is 33.2 Å². The predicted octanol–water partition coefficient (Wildman–Crippen LogP) is 1.83. The van der Waals surface area contributed by atoms with Gasteiger partial charge in [-0.05, 0) is 26.9 Å². The zero-order chi connectivity index (χ0) is 9.56. The van der Waals surface area contributed by atoms with Gasteiger partial charge in [0, 0.05) is 19.1 Å². The van der Waals surface area contributed by atoms with Crippen LogP contribution in [0.1, 0.15) is 27.2 Å². The van der Waals surface area contributed by atoms with E-state index in [1.807, 2.05) is 13.8 Å². The molecule has 1 aliphatic rings. The first-order valence-electron chi connectivity index (χ1n) is 4.90. The van der Waals surface area contributed by atoms with E-state index in [0.29, 0.717) is 6.04 Å². The molecular weight excluding hydrogens is 167 g/mol. The summed E-state index contributed by atoms with van der Waals surface area (Å²) < 4.78 is 2.35. The van der Waals surface area contributed by atoms with E-state index in [1.165, 1.54) is 26.1 Å². The van der Waals surface area contributed by atoms with Gasteiger partial charge in [-0.2, -0.15) is 0 Å². The quantitative estimate of drug-likeness (QED) is 0.538. The van der Waals surface area contributed by atoms with Crippen LogP contribution in [0.3, 0.4) is 0 Å². The van der Waals surface area contributed by atoms with Crippen molar-refractivity contribution in [3.8, 4) is 0 Å². The van der Waals surface area contributed by atoms with Crippen molar-refractivity contribution in [1.29, 1.82) is 0 Å². The summed E-state index contributed by atoms with van der Waals surface area (Å²) in [7, 11) is 5.00. The lowest BCUT2D eigenvalue weighted by atomic mass is 10.3. The molecule has 0 aromatic heterocycles. The molecule has 1 rings (SSSR count). The van der Waals surface area contributed by atoms with Crippen molar-refractivity contribution in [3.05, 3.63) is 0 Å². The molecular formula is C9H23N2P. The first-order chi connectivity index (χ1) is 5.70. The Bertz CT molecular complexity index is 109. The second kappa shape index (κ2) is 6.82. The van der Waals surface area contributed by atoms with Crippen molar-refractivity contribution in [2.24, 2.45) is 0 Å². The highest BCUT2D eigenvalue weighted by Crippen LogP contribution is 2.11. The maximum Gasteiger partial charge on any atom is 0.0228 e. The number of rotatable bonds is 0. The fourth-order valence-corrected chi connectivity index (χ4v) is 1.67. The van der Waals surface area contributed by atoms with Crippen LogP contribution in [0.15, 0.2) is 0 Å². The molecule has 0 aromatic carbocycles. The van der Waals surface area contributed by atoms with Crippen LogP contribution in [0.5, 0.6) is 0 Å². The van der Waals surface area contributed by atoms with E-state index in [4.69, 9.17) is 0 Å². The monoisotopic (exact) mass is 190 g/mol. The molecule has 1 unspecified atom stereocenters. The van der Waals surface area contributed by atoms with Crippen molar-refractivity contribution in [1.82, 2.24) is 9.57 Å². The normalized spacial score (nSPS) is 27.2. The molecule has 1 aliphatic heterocycles. The van der Waals surface area contributed by atoms with Crippen LogP contribution >= 0.6 is 9.39 Å². The zero-order valence-electron chi connectivity index (χ0n) is 8.88. The highest BCUT2D eigenvalue weighted by Gasteiger charge is 2.15. The third-order valence-electron chi connectivity index (χ3n) is 2.10. The van der Waals surface area contributed by atoms with Gasteiger partial charge in [0.15, 0.2) is 0 Å². The second-order valence-corrected chi connectivity index (χ2v) is 3.87. The Hall–Kier alpha value is 0.350. The van der Waals surface area contributed by atoms with Crippen molar-refractivity contribution >= 4 is 9.39 Å². The van der Waals surface area contributed by atoms with E-state index in [-0.39, 0.29) is 0 Å². The summed E-state index contributed by atoms with van der Waals surface area (Å²) in [5.74, 6) is 0. The summed E-state index contributed by atoms with van der Waals surface area (Å²) in [4.78, 5) is 2.40. The molecule has 12 heavy (non-hydrogen) atoms. The van der Waals surface area contributed by atoms with Gasteiger partial charge in [0.05, 0.1) is 0 Å². The minimum absolute atomic E-state index is 0.692. The van der Waals surface area contributed by atoms with Gasteiger partial charge in [-0.3, -0.25) is 4.67 Å². The van der Waals surface area contributed by atoms with Crippen LogP contribution in [-0.2, 0) is 0 Å². The fourth-order valence-electron chi connectivity index (χ4n) is 1.39. The van der Waals surface area contributed by atoms with Gasteiger partial charge in [-0.25, -0.2) is 0 Å². The van der Waals surface area contributed by atoms with E-state index in [0.717, 1.165) is 0 Å². The lowest BCUT2D eigenvalue weighted by Crippen LogP contribution is -2.31. The third-order valence-corrected chi connectivity index (χ3v) is 2.87. The highest BCUT2D eigenvalue weighted by atomic mass is 31.0. The number of hydrogen-bond donors (Lipinski definition) is 0. The Kier molecular flexibility index (Phi) is 7.02. The maximum atomic E-state index is 2.80. The Morgan fingerprint density at radius 2 is 1.83 bits per heavy atom. The van der Waals surface area contributed by atoms with Crippen LogP contribution in [0, 0.1) is 0 Å². The molecule has 0 spiro atoms. The molecule has 0 bridgehead atoms. The van der Waals surface area contributed by atoms with Gasteiger partial charge >= 0.3 is 0 Å². The Morgan fingerprint density at radius 3 is 2.42 bits per heavy atom. The van der Waals surface area contributed by atoms with Crippen LogP contribution < -0.4 is 0 Å². The lowest BCUT2D eigenvalue weighted by molar-refractivity contribution is 0.302. The molecule has 0 radical (unpaired) electrons. The number of hydrogen-bond acceptors (Lipinski definition) is 2. The first kappa shape index (κ1) is 12.3. The molecule has 2 nitrogen and oxygen atoms in total.